The van der Waals surface area contributed by atoms with Crippen molar-refractivity contribution in [1.29, 1.82) is 0 Å². The highest BCUT2D eigenvalue weighted by Crippen LogP contribution is 2.31. The summed E-state index contributed by atoms with van der Waals surface area (Å²) in [6, 6.07) is 4.16. The van der Waals surface area contributed by atoms with Gasteiger partial charge in [0.1, 0.15) is 17.3 Å². The monoisotopic (exact) mass is 239 g/mol. The molecule has 1 saturated carbocycles. The van der Waals surface area contributed by atoms with Crippen LogP contribution in [-0.2, 0) is 0 Å². The molecule has 1 nitrogen and oxygen atoms in total. The molecule has 2 rings (SSSR count). The van der Waals surface area contributed by atoms with Gasteiger partial charge in [-0.25, -0.2) is 8.78 Å². The van der Waals surface area contributed by atoms with Crippen molar-refractivity contribution in [1.82, 2.24) is 0 Å². The number of hydrogen-bond donors (Lipinski definition) is 1. The van der Waals surface area contributed by atoms with Crippen molar-refractivity contribution in [3.05, 3.63) is 29.8 Å². The second-order valence-corrected chi connectivity index (χ2v) is 5.36. The highest BCUT2D eigenvalue weighted by Gasteiger charge is 2.25. The van der Waals surface area contributed by atoms with E-state index in [1.54, 1.807) is 0 Å². The third-order valence-corrected chi connectivity index (χ3v) is 3.49. The lowest BCUT2D eigenvalue weighted by atomic mass is 9.80. The van der Waals surface area contributed by atoms with Crippen LogP contribution in [0.1, 0.15) is 33.1 Å². The molecule has 2 unspecified atom stereocenters. The topological polar surface area (TPSA) is 12.0 Å². The molecule has 0 saturated heterocycles. The van der Waals surface area contributed by atoms with Crippen LogP contribution < -0.4 is 5.32 Å². The highest BCUT2D eigenvalue weighted by molar-refractivity contribution is 5.46. The molecule has 0 bridgehead atoms. The van der Waals surface area contributed by atoms with E-state index < -0.39 is 11.6 Å². The van der Waals surface area contributed by atoms with Gasteiger partial charge in [0.2, 0.25) is 0 Å². The van der Waals surface area contributed by atoms with Gasteiger partial charge in [0.25, 0.3) is 0 Å². The third kappa shape index (κ3) is 2.96. The van der Waals surface area contributed by atoms with Gasteiger partial charge in [-0.1, -0.05) is 19.9 Å². The van der Waals surface area contributed by atoms with Crippen molar-refractivity contribution in [2.75, 3.05) is 5.32 Å². The molecule has 0 spiro atoms. The van der Waals surface area contributed by atoms with Gasteiger partial charge in [-0.15, -0.1) is 0 Å². The Morgan fingerprint density at radius 3 is 2.06 bits per heavy atom. The summed E-state index contributed by atoms with van der Waals surface area (Å²) in [6.07, 6.45) is 3.17. The molecule has 94 valence electrons. The van der Waals surface area contributed by atoms with Crippen LogP contribution >= 0.6 is 0 Å². The Kier molecular flexibility index (Phi) is 3.65. The molecular formula is C14H19F2N. The van der Waals surface area contributed by atoms with Crippen molar-refractivity contribution >= 4 is 5.69 Å². The predicted octanol–water partition coefficient (Wildman–Crippen LogP) is 4.20. The average molecular weight is 239 g/mol. The van der Waals surface area contributed by atoms with Crippen molar-refractivity contribution < 1.29 is 8.78 Å². The summed E-state index contributed by atoms with van der Waals surface area (Å²) in [5.41, 5.74) is 0.0267. The van der Waals surface area contributed by atoms with E-state index in [9.17, 15) is 8.78 Å². The molecule has 0 amide bonds. The summed E-state index contributed by atoms with van der Waals surface area (Å²) in [7, 11) is 0. The molecule has 0 heterocycles. The molecule has 1 aliphatic carbocycles. The smallest absolute Gasteiger partial charge is 0.149 e. The SMILES string of the molecule is CC1CC(C)CC(Nc2c(F)cccc2F)C1. The van der Waals surface area contributed by atoms with Gasteiger partial charge in [-0.3, -0.25) is 0 Å². The fourth-order valence-electron chi connectivity index (χ4n) is 2.90. The second-order valence-electron chi connectivity index (χ2n) is 5.36. The Morgan fingerprint density at radius 2 is 1.53 bits per heavy atom. The molecule has 0 radical (unpaired) electrons. The summed E-state index contributed by atoms with van der Waals surface area (Å²) >= 11 is 0. The van der Waals surface area contributed by atoms with Crippen molar-refractivity contribution in [3.8, 4) is 0 Å². The van der Waals surface area contributed by atoms with Crippen LogP contribution in [0.25, 0.3) is 0 Å². The summed E-state index contributed by atoms with van der Waals surface area (Å²) in [6.45, 7) is 4.39. The minimum absolute atomic E-state index is 0.0267. The number of halogens is 2. The zero-order valence-corrected chi connectivity index (χ0v) is 10.3. The molecule has 1 aromatic rings. The van der Waals surface area contributed by atoms with Crippen LogP contribution in [0.2, 0.25) is 0 Å². The maximum Gasteiger partial charge on any atom is 0.149 e. The lowest BCUT2D eigenvalue weighted by molar-refractivity contribution is 0.280. The predicted molar refractivity (Wildman–Crippen MR) is 65.9 cm³/mol. The summed E-state index contributed by atoms with van der Waals surface area (Å²) in [4.78, 5) is 0. The number of anilines is 1. The lowest BCUT2D eigenvalue weighted by Gasteiger charge is -2.32. The number of nitrogens with one attached hydrogen (secondary N) is 1. The summed E-state index contributed by atoms with van der Waals surface area (Å²) in [5, 5.41) is 3.03. The zero-order chi connectivity index (χ0) is 12.4. The Hall–Kier alpha value is -1.12. The van der Waals surface area contributed by atoms with Crippen LogP contribution in [0.5, 0.6) is 0 Å². The average Bonchev–Trinajstić information content (AvgIpc) is 2.22. The Bertz CT molecular complexity index is 362. The summed E-state index contributed by atoms with van der Waals surface area (Å²) < 4.78 is 27.0. The van der Waals surface area contributed by atoms with Crippen LogP contribution in [-0.4, -0.2) is 6.04 Å². The highest BCUT2D eigenvalue weighted by atomic mass is 19.1. The van der Waals surface area contributed by atoms with Crippen LogP contribution in [0.3, 0.4) is 0 Å². The maximum atomic E-state index is 13.5. The first-order valence-electron chi connectivity index (χ1n) is 6.26. The van der Waals surface area contributed by atoms with Gasteiger partial charge in [0.15, 0.2) is 0 Å². The van der Waals surface area contributed by atoms with E-state index in [1.807, 2.05) is 0 Å². The number of benzene rings is 1. The van der Waals surface area contributed by atoms with E-state index in [2.05, 4.69) is 19.2 Å². The molecular weight excluding hydrogens is 220 g/mol. The second kappa shape index (κ2) is 5.03. The zero-order valence-electron chi connectivity index (χ0n) is 10.3. The molecule has 0 aromatic heterocycles. The first kappa shape index (κ1) is 12.3. The van der Waals surface area contributed by atoms with Gasteiger partial charge in [-0.2, -0.15) is 0 Å². The number of hydrogen-bond acceptors (Lipinski definition) is 1. The van der Waals surface area contributed by atoms with E-state index >= 15 is 0 Å². The molecule has 17 heavy (non-hydrogen) atoms. The van der Waals surface area contributed by atoms with Crippen molar-refractivity contribution in [3.63, 3.8) is 0 Å². The van der Waals surface area contributed by atoms with E-state index in [0.29, 0.717) is 11.8 Å². The molecule has 1 aliphatic rings. The minimum Gasteiger partial charge on any atom is -0.378 e. The molecule has 2 atom stereocenters. The first-order valence-corrected chi connectivity index (χ1v) is 6.26. The van der Waals surface area contributed by atoms with Crippen LogP contribution in [0.4, 0.5) is 14.5 Å². The van der Waals surface area contributed by atoms with Crippen LogP contribution in [0.15, 0.2) is 18.2 Å². The fraction of sp³-hybridized carbons (Fsp3) is 0.571. The largest absolute Gasteiger partial charge is 0.378 e. The fourth-order valence-corrected chi connectivity index (χ4v) is 2.90. The minimum atomic E-state index is -0.504. The normalized spacial score (nSPS) is 29.1. The van der Waals surface area contributed by atoms with Gasteiger partial charge in [-0.05, 0) is 43.2 Å². The summed E-state index contributed by atoms with van der Waals surface area (Å²) in [5.74, 6) is 0.226. The lowest BCUT2D eigenvalue weighted by Crippen LogP contribution is -2.30. The Balaban J connectivity index is 2.10. The van der Waals surface area contributed by atoms with Crippen molar-refractivity contribution in [2.24, 2.45) is 11.8 Å². The van der Waals surface area contributed by atoms with Gasteiger partial charge < -0.3 is 5.32 Å². The van der Waals surface area contributed by atoms with Gasteiger partial charge >= 0.3 is 0 Å². The van der Waals surface area contributed by atoms with E-state index in [0.717, 1.165) is 12.8 Å². The first-order chi connectivity index (χ1) is 8.06. The number of para-hydroxylation sites is 1. The van der Waals surface area contributed by atoms with E-state index in [-0.39, 0.29) is 11.7 Å². The number of rotatable bonds is 2. The Labute approximate surface area is 101 Å². The quantitative estimate of drug-likeness (QED) is 0.815. The molecule has 1 aromatic carbocycles. The molecule has 1 N–H and O–H groups in total. The molecule has 1 fully saturated rings. The molecule has 0 aliphatic heterocycles. The van der Waals surface area contributed by atoms with Crippen LogP contribution in [0, 0.1) is 23.5 Å². The standard InChI is InChI=1S/C14H19F2N/c1-9-6-10(2)8-11(7-9)17-14-12(15)4-3-5-13(14)16/h3-5,9-11,17H,6-8H2,1-2H3. The maximum absolute atomic E-state index is 13.5. The molecule has 3 heteroatoms. The van der Waals surface area contributed by atoms with Gasteiger partial charge in [0, 0.05) is 6.04 Å². The van der Waals surface area contributed by atoms with Gasteiger partial charge in [0.05, 0.1) is 0 Å². The Morgan fingerprint density at radius 1 is 1.00 bits per heavy atom. The van der Waals surface area contributed by atoms with Crippen molar-refractivity contribution in [2.45, 2.75) is 39.2 Å². The van der Waals surface area contributed by atoms with E-state index in [1.165, 1.54) is 24.6 Å². The third-order valence-electron chi connectivity index (χ3n) is 3.49. The van der Waals surface area contributed by atoms with E-state index in [4.69, 9.17) is 0 Å².